The van der Waals surface area contributed by atoms with Gasteiger partial charge in [0.25, 0.3) is 5.91 Å². The molecule has 1 aliphatic heterocycles. The van der Waals surface area contributed by atoms with Gasteiger partial charge in [-0.15, -0.1) is 0 Å². The van der Waals surface area contributed by atoms with Gasteiger partial charge >= 0.3 is 0 Å². The summed E-state index contributed by atoms with van der Waals surface area (Å²) in [5.41, 5.74) is 1.10. The summed E-state index contributed by atoms with van der Waals surface area (Å²) in [6.45, 7) is 0. The fraction of sp³-hybridized carbons (Fsp3) is 0. The van der Waals surface area contributed by atoms with Crippen LogP contribution in [0.3, 0.4) is 0 Å². The third kappa shape index (κ3) is 3.28. The second-order valence-electron chi connectivity index (χ2n) is 4.45. The number of benzene rings is 2. The van der Waals surface area contributed by atoms with Crippen LogP contribution in [0.1, 0.15) is 5.56 Å². The number of hydrogen-bond acceptors (Lipinski definition) is 3. The molecule has 3 rings (SSSR count). The molecule has 1 amide bonds. The summed E-state index contributed by atoms with van der Waals surface area (Å²) in [6.07, 6.45) is 1.53. The van der Waals surface area contributed by atoms with Gasteiger partial charge in [0.2, 0.25) is 0 Å². The lowest BCUT2D eigenvalue weighted by molar-refractivity contribution is -0.115. The summed E-state index contributed by atoms with van der Waals surface area (Å²) < 4.78 is 14.5. The topological polar surface area (TPSA) is 41.5 Å². The van der Waals surface area contributed by atoms with Gasteiger partial charge in [-0.05, 0) is 52.0 Å². The van der Waals surface area contributed by atoms with Gasteiger partial charge in [0.05, 0.1) is 10.6 Å². The third-order valence-electron chi connectivity index (χ3n) is 2.92. The molecule has 0 bridgehead atoms. The first kappa shape index (κ1) is 15.0. The molecule has 110 valence electrons. The summed E-state index contributed by atoms with van der Waals surface area (Å²) in [6, 6.07) is 13.8. The number of amides is 1. The van der Waals surface area contributed by atoms with Gasteiger partial charge in [-0.3, -0.25) is 4.79 Å². The Morgan fingerprint density at radius 3 is 2.64 bits per heavy atom. The van der Waals surface area contributed by atoms with Crippen LogP contribution in [0.4, 0.5) is 10.1 Å². The number of nitrogens with zero attached hydrogens (tertiary/aromatic N) is 1. The van der Waals surface area contributed by atoms with E-state index in [0.717, 1.165) is 10.2 Å². The number of carbonyl (C=O) groups is 1. The van der Waals surface area contributed by atoms with Crippen molar-refractivity contribution in [3.05, 3.63) is 69.3 Å². The van der Waals surface area contributed by atoms with E-state index in [0.29, 0.717) is 15.6 Å². The molecule has 1 saturated heterocycles. The Balaban J connectivity index is 1.88. The van der Waals surface area contributed by atoms with Crippen LogP contribution in [0.2, 0.25) is 0 Å². The smallest absolute Gasteiger partial charge is 0.264 e. The molecule has 0 aromatic heterocycles. The van der Waals surface area contributed by atoms with Gasteiger partial charge in [-0.2, -0.15) is 0 Å². The van der Waals surface area contributed by atoms with E-state index in [1.165, 1.54) is 23.9 Å². The first-order valence-corrected chi connectivity index (χ1v) is 8.03. The molecule has 1 heterocycles. The van der Waals surface area contributed by atoms with Gasteiger partial charge in [-0.25, -0.2) is 9.38 Å². The monoisotopic (exact) mass is 376 g/mol. The zero-order valence-electron chi connectivity index (χ0n) is 11.2. The van der Waals surface area contributed by atoms with E-state index in [-0.39, 0.29) is 11.7 Å². The molecule has 0 spiro atoms. The predicted octanol–water partition coefficient (Wildman–Crippen LogP) is 4.48. The molecular formula is C16H10BrFN2OS. The maximum Gasteiger partial charge on any atom is 0.264 e. The van der Waals surface area contributed by atoms with Gasteiger partial charge in [-0.1, -0.05) is 30.3 Å². The molecule has 0 unspecified atom stereocenters. The molecule has 1 aliphatic rings. The quantitative estimate of drug-likeness (QED) is 0.785. The van der Waals surface area contributed by atoms with Crippen molar-refractivity contribution in [2.45, 2.75) is 0 Å². The Hall–Kier alpha value is -1.92. The molecule has 6 heteroatoms. The highest BCUT2D eigenvalue weighted by atomic mass is 79.9. The van der Waals surface area contributed by atoms with E-state index < -0.39 is 0 Å². The highest BCUT2D eigenvalue weighted by molar-refractivity contribution is 9.10. The van der Waals surface area contributed by atoms with Crippen LogP contribution in [0.25, 0.3) is 6.08 Å². The summed E-state index contributed by atoms with van der Waals surface area (Å²) in [7, 11) is 0. The fourth-order valence-corrected chi connectivity index (χ4v) is 3.06. The number of amidine groups is 1. The van der Waals surface area contributed by atoms with Crippen molar-refractivity contribution in [1.29, 1.82) is 0 Å². The Bertz CT molecular complexity index is 804. The summed E-state index contributed by atoms with van der Waals surface area (Å²) in [5.74, 6) is -0.640. The minimum Gasteiger partial charge on any atom is -0.300 e. The minimum atomic E-state index is -0.361. The first-order valence-electron chi connectivity index (χ1n) is 6.42. The van der Waals surface area contributed by atoms with Crippen LogP contribution in [-0.2, 0) is 4.79 Å². The standard InChI is InChI=1S/C16H10BrFN2OS/c17-11-6-2-4-8-13(11)19-16-20-15(21)14(22-16)9-10-5-1-3-7-12(10)18/h1-9H,(H,19,20,21)/b14-9-. The van der Waals surface area contributed by atoms with Crippen LogP contribution >= 0.6 is 27.7 Å². The van der Waals surface area contributed by atoms with Gasteiger partial charge in [0.1, 0.15) is 5.82 Å². The third-order valence-corrected chi connectivity index (χ3v) is 4.50. The summed E-state index contributed by atoms with van der Waals surface area (Å²) in [5, 5.41) is 3.15. The van der Waals surface area contributed by atoms with E-state index in [4.69, 9.17) is 0 Å². The maximum absolute atomic E-state index is 13.6. The highest BCUT2D eigenvalue weighted by Gasteiger charge is 2.24. The zero-order chi connectivity index (χ0) is 15.5. The Kier molecular flexibility index (Phi) is 4.40. The van der Waals surface area contributed by atoms with Gasteiger partial charge < -0.3 is 5.32 Å². The number of halogens is 2. The van der Waals surface area contributed by atoms with Crippen molar-refractivity contribution in [2.24, 2.45) is 4.99 Å². The SMILES string of the molecule is O=C1NC(=Nc2ccccc2Br)S/C1=C\c1ccccc1F. The largest absolute Gasteiger partial charge is 0.300 e. The number of thioether (sulfide) groups is 1. The number of para-hydroxylation sites is 1. The molecule has 3 nitrogen and oxygen atoms in total. The predicted molar refractivity (Wildman–Crippen MR) is 91.3 cm³/mol. The van der Waals surface area contributed by atoms with Crippen LogP contribution in [0.5, 0.6) is 0 Å². The van der Waals surface area contributed by atoms with Crippen LogP contribution in [-0.4, -0.2) is 11.1 Å². The molecule has 22 heavy (non-hydrogen) atoms. The first-order chi connectivity index (χ1) is 10.6. The lowest BCUT2D eigenvalue weighted by Gasteiger charge is -1.98. The molecule has 0 atom stereocenters. The molecule has 1 N–H and O–H groups in total. The number of nitrogens with one attached hydrogen (secondary N) is 1. The Morgan fingerprint density at radius 2 is 1.86 bits per heavy atom. The second-order valence-corrected chi connectivity index (χ2v) is 6.34. The van der Waals surface area contributed by atoms with Crippen molar-refractivity contribution >= 4 is 50.5 Å². The van der Waals surface area contributed by atoms with Crippen molar-refractivity contribution < 1.29 is 9.18 Å². The molecule has 0 aliphatic carbocycles. The van der Waals surface area contributed by atoms with Crippen molar-refractivity contribution in [1.82, 2.24) is 5.32 Å². The number of rotatable bonds is 2. The highest BCUT2D eigenvalue weighted by Crippen LogP contribution is 2.31. The molecule has 0 saturated carbocycles. The van der Waals surface area contributed by atoms with Gasteiger partial charge in [0.15, 0.2) is 5.17 Å². The van der Waals surface area contributed by atoms with Crippen LogP contribution in [0.15, 0.2) is 62.9 Å². The number of hydrogen-bond donors (Lipinski definition) is 1. The average Bonchev–Trinajstić information content (AvgIpc) is 2.84. The van der Waals surface area contributed by atoms with Crippen LogP contribution in [0, 0.1) is 5.82 Å². The average molecular weight is 377 g/mol. The molecule has 0 radical (unpaired) electrons. The molecule has 1 fully saturated rings. The zero-order valence-corrected chi connectivity index (χ0v) is 13.6. The van der Waals surface area contributed by atoms with Crippen LogP contribution < -0.4 is 5.32 Å². The Labute approximate surface area is 139 Å². The van der Waals surface area contributed by atoms with Crippen molar-refractivity contribution in [2.75, 3.05) is 0 Å². The molecule has 2 aromatic carbocycles. The minimum absolute atomic E-state index is 0.279. The summed E-state index contributed by atoms with van der Waals surface area (Å²) >= 11 is 4.59. The summed E-state index contributed by atoms with van der Waals surface area (Å²) in [4.78, 5) is 16.8. The van der Waals surface area contributed by atoms with E-state index in [9.17, 15) is 9.18 Å². The maximum atomic E-state index is 13.6. The lowest BCUT2D eigenvalue weighted by atomic mass is 10.2. The Morgan fingerprint density at radius 1 is 1.14 bits per heavy atom. The van der Waals surface area contributed by atoms with E-state index in [2.05, 4.69) is 26.2 Å². The van der Waals surface area contributed by atoms with Gasteiger partial charge in [0, 0.05) is 10.0 Å². The van der Waals surface area contributed by atoms with E-state index in [1.807, 2.05) is 24.3 Å². The fourth-order valence-electron chi connectivity index (χ4n) is 1.87. The molecule has 2 aromatic rings. The van der Waals surface area contributed by atoms with Crippen molar-refractivity contribution in [3.63, 3.8) is 0 Å². The van der Waals surface area contributed by atoms with E-state index in [1.54, 1.807) is 18.2 Å². The molecular weight excluding hydrogens is 367 g/mol. The normalized spacial score (nSPS) is 18.0. The van der Waals surface area contributed by atoms with E-state index >= 15 is 0 Å². The number of carbonyl (C=O) groups excluding carboxylic acids is 1. The number of aliphatic imine (C=N–C) groups is 1. The van der Waals surface area contributed by atoms with Crippen molar-refractivity contribution in [3.8, 4) is 0 Å². The lowest BCUT2D eigenvalue weighted by Crippen LogP contribution is -2.19. The second kappa shape index (κ2) is 6.46.